The van der Waals surface area contributed by atoms with Gasteiger partial charge in [0.25, 0.3) is 0 Å². The zero-order valence-electron chi connectivity index (χ0n) is 19.5. The third-order valence-corrected chi connectivity index (χ3v) is 7.08. The van der Waals surface area contributed by atoms with Crippen LogP contribution < -0.4 is 5.32 Å². The summed E-state index contributed by atoms with van der Waals surface area (Å²) in [7, 11) is 0. The van der Waals surface area contributed by atoms with E-state index in [1.54, 1.807) is 18.2 Å². The van der Waals surface area contributed by atoms with Gasteiger partial charge in [-0.2, -0.15) is 0 Å². The number of nitrogens with one attached hydrogen (secondary N) is 1. The molecule has 3 heterocycles. The van der Waals surface area contributed by atoms with E-state index in [-0.39, 0.29) is 30.7 Å². The second kappa shape index (κ2) is 11.0. The molecule has 0 aliphatic carbocycles. The van der Waals surface area contributed by atoms with Crippen LogP contribution in [0.25, 0.3) is 11.0 Å². The van der Waals surface area contributed by atoms with Crippen molar-refractivity contribution in [2.45, 2.75) is 38.1 Å². The zero-order valence-corrected chi connectivity index (χ0v) is 20.4. The number of hydrogen-bond donors (Lipinski definition) is 1. The first-order valence-electron chi connectivity index (χ1n) is 11.8. The van der Waals surface area contributed by atoms with Gasteiger partial charge in [0.2, 0.25) is 11.8 Å². The van der Waals surface area contributed by atoms with Crippen molar-refractivity contribution in [3.8, 4) is 0 Å². The highest BCUT2D eigenvalue weighted by Gasteiger charge is 2.34. The molecule has 1 fully saturated rings. The Hall–Kier alpha value is -3.63. The molecule has 5 rings (SSSR count). The number of amides is 2. The Bertz CT molecular complexity index is 1340. The van der Waals surface area contributed by atoms with E-state index in [0.717, 1.165) is 17.7 Å². The molecule has 2 atom stereocenters. The van der Waals surface area contributed by atoms with Crippen LogP contribution in [0.2, 0.25) is 0 Å². The number of carbonyl (C=O) groups excluding carboxylic acids is 2. The molecule has 2 aromatic heterocycles. The maximum Gasteiger partial charge on any atom is 0.247 e. The Kier molecular flexibility index (Phi) is 7.33. The second-order valence-corrected chi connectivity index (χ2v) is 9.67. The number of thiophene rings is 1. The Labute approximate surface area is 211 Å². The van der Waals surface area contributed by atoms with Gasteiger partial charge in [0, 0.05) is 23.6 Å². The third-order valence-electron chi connectivity index (χ3n) is 6.22. The number of aromatic nitrogens is 3. The average Bonchev–Trinajstić information content (AvgIpc) is 3.67. The minimum absolute atomic E-state index is 0.0850. The van der Waals surface area contributed by atoms with E-state index in [2.05, 4.69) is 15.6 Å². The maximum atomic E-state index is 15.1. The lowest BCUT2D eigenvalue weighted by Crippen LogP contribution is -2.46. The van der Waals surface area contributed by atoms with Gasteiger partial charge in [0.05, 0.1) is 18.2 Å². The summed E-state index contributed by atoms with van der Waals surface area (Å²) in [5.41, 5.74) is 1.50. The minimum atomic E-state index is -1.17. The molecule has 2 amide bonds. The first kappa shape index (κ1) is 24.1. The Balaban J connectivity index is 1.48. The van der Waals surface area contributed by atoms with Crippen LogP contribution in [0.15, 0.2) is 66.0 Å². The topological polar surface area (TPSA) is 89.4 Å². The monoisotopic (exact) mass is 507 g/mol. The van der Waals surface area contributed by atoms with E-state index in [0.29, 0.717) is 24.2 Å². The first-order valence-corrected chi connectivity index (χ1v) is 12.7. The normalized spacial score (nSPS) is 16.2. The molecule has 36 heavy (non-hydrogen) atoms. The molecule has 10 heteroatoms. The number of fused-ring (bicyclic) bond motifs is 1. The van der Waals surface area contributed by atoms with E-state index in [4.69, 9.17) is 4.74 Å². The minimum Gasteiger partial charge on any atom is -0.376 e. The van der Waals surface area contributed by atoms with Crippen LogP contribution in [0.5, 0.6) is 0 Å². The molecule has 0 unspecified atom stereocenters. The van der Waals surface area contributed by atoms with E-state index in [1.807, 2.05) is 41.8 Å². The molecule has 1 aliphatic rings. The summed E-state index contributed by atoms with van der Waals surface area (Å²) in [5.74, 6) is -1.38. The van der Waals surface area contributed by atoms with Crippen LogP contribution in [-0.4, -0.2) is 51.0 Å². The Morgan fingerprint density at radius 1 is 1.17 bits per heavy atom. The van der Waals surface area contributed by atoms with Crippen LogP contribution >= 0.6 is 11.3 Å². The molecule has 8 nitrogen and oxygen atoms in total. The molecular weight excluding hydrogens is 481 g/mol. The highest BCUT2D eigenvalue weighted by Crippen LogP contribution is 2.28. The summed E-state index contributed by atoms with van der Waals surface area (Å²) in [4.78, 5) is 29.7. The predicted octanol–water partition coefficient (Wildman–Crippen LogP) is 3.70. The van der Waals surface area contributed by atoms with E-state index in [9.17, 15) is 9.59 Å². The zero-order chi connectivity index (χ0) is 24.9. The molecule has 4 aromatic rings. The van der Waals surface area contributed by atoms with Crippen molar-refractivity contribution in [1.82, 2.24) is 25.2 Å². The first-order chi connectivity index (χ1) is 17.6. The van der Waals surface area contributed by atoms with Gasteiger partial charge < -0.3 is 15.0 Å². The number of benzene rings is 2. The highest BCUT2D eigenvalue weighted by molar-refractivity contribution is 7.09. The van der Waals surface area contributed by atoms with Crippen molar-refractivity contribution in [1.29, 1.82) is 0 Å². The van der Waals surface area contributed by atoms with E-state index >= 15 is 4.39 Å². The molecule has 0 spiro atoms. The summed E-state index contributed by atoms with van der Waals surface area (Å²) in [5, 5.41) is 13.1. The molecule has 1 saturated heterocycles. The summed E-state index contributed by atoms with van der Waals surface area (Å²) >= 11 is 1.47. The van der Waals surface area contributed by atoms with Gasteiger partial charge in [-0.3, -0.25) is 9.59 Å². The molecule has 1 N–H and O–H groups in total. The summed E-state index contributed by atoms with van der Waals surface area (Å²) in [6.45, 7) is 0.968. The molecule has 186 valence electrons. The Morgan fingerprint density at radius 2 is 2.00 bits per heavy atom. The summed E-state index contributed by atoms with van der Waals surface area (Å²) in [6.07, 6.45) is 1.70. The average molecular weight is 508 g/mol. The molecule has 2 aromatic carbocycles. The van der Waals surface area contributed by atoms with Crippen LogP contribution in [0.1, 0.15) is 29.3 Å². The van der Waals surface area contributed by atoms with Crippen LogP contribution in [0, 0.1) is 5.82 Å². The number of rotatable bonds is 9. The number of ether oxygens (including phenoxy) is 1. The smallest absolute Gasteiger partial charge is 0.247 e. The quantitative estimate of drug-likeness (QED) is 0.373. The predicted molar refractivity (Wildman–Crippen MR) is 134 cm³/mol. The van der Waals surface area contributed by atoms with Crippen LogP contribution in [0.3, 0.4) is 0 Å². The van der Waals surface area contributed by atoms with Crippen molar-refractivity contribution in [3.05, 3.63) is 82.3 Å². The Morgan fingerprint density at radius 3 is 2.78 bits per heavy atom. The maximum absolute atomic E-state index is 15.1. The molecule has 0 radical (unpaired) electrons. The van der Waals surface area contributed by atoms with Crippen molar-refractivity contribution in [2.24, 2.45) is 0 Å². The largest absolute Gasteiger partial charge is 0.376 e. The molecule has 1 aliphatic heterocycles. The SMILES string of the molecule is O=C(NC[C@@H]1CCCO1)[C@@H](c1ccccc1F)N(Cc1cccs1)C(=O)Cn1nnc2ccccc21. The molecular formula is C26H26FN5O3S. The fourth-order valence-corrected chi connectivity index (χ4v) is 5.11. The number of halogens is 1. The van der Waals surface area contributed by atoms with Gasteiger partial charge in [-0.25, -0.2) is 9.07 Å². The lowest BCUT2D eigenvalue weighted by molar-refractivity contribution is -0.142. The van der Waals surface area contributed by atoms with Gasteiger partial charge >= 0.3 is 0 Å². The lowest BCUT2D eigenvalue weighted by atomic mass is 10.0. The van der Waals surface area contributed by atoms with Crippen molar-refractivity contribution in [3.63, 3.8) is 0 Å². The standard InChI is InChI=1S/C26H26FN5O3S/c27-21-10-2-1-9-20(21)25(26(34)28-15-18-7-5-13-35-18)31(16-19-8-6-14-36-19)24(33)17-32-23-12-4-3-11-22(23)29-30-32/h1-4,6,8-12,14,18,25H,5,7,13,15-17H2,(H,28,34)/t18-,25+/m0/s1. The lowest BCUT2D eigenvalue weighted by Gasteiger charge is -2.31. The fourth-order valence-electron chi connectivity index (χ4n) is 4.41. The van der Waals surface area contributed by atoms with Gasteiger partial charge in [-0.15, -0.1) is 16.4 Å². The van der Waals surface area contributed by atoms with Crippen LogP contribution in [0.4, 0.5) is 4.39 Å². The van der Waals surface area contributed by atoms with Gasteiger partial charge in [-0.05, 0) is 42.5 Å². The third kappa shape index (κ3) is 5.29. The van der Waals surface area contributed by atoms with Gasteiger partial charge in [0.15, 0.2) is 0 Å². The summed E-state index contributed by atoms with van der Waals surface area (Å²) < 4.78 is 22.2. The van der Waals surface area contributed by atoms with E-state index in [1.165, 1.54) is 27.0 Å². The highest BCUT2D eigenvalue weighted by atomic mass is 32.1. The second-order valence-electron chi connectivity index (χ2n) is 8.64. The number of nitrogens with zero attached hydrogens (tertiary/aromatic N) is 4. The van der Waals surface area contributed by atoms with Gasteiger partial charge in [0.1, 0.15) is 23.9 Å². The van der Waals surface area contributed by atoms with Gasteiger partial charge in [-0.1, -0.05) is 41.6 Å². The fraction of sp³-hybridized carbons (Fsp3) is 0.308. The molecule has 0 bridgehead atoms. The number of carbonyl (C=O) groups is 2. The van der Waals surface area contributed by atoms with Crippen LogP contribution in [-0.2, 0) is 27.4 Å². The van der Waals surface area contributed by atoms with Crippen molar-refractivity contribution in [2.75, 3.05) is 13.2 Å². The summed E-state index contributed by atoms with van der Waals surface area (Å²) in [6, 6.07) is 16.0. The number of para-hydroxylation sites is 1. The van der Waals surface area contributed by atoms with Crippen molar-refractivity contribution >= 4 is 34.2 Å². The van der Waals surface area contributed by atoms with E-state index < -0.39 is 17.8 Å². The van der Waals surface area contributed by atoms with Crippen molar-refractivity contribution < 1.29 is 18.7 Å². The molecule has 0 saturated carbocycles. The number of hydrogen-bond acceptors (Lipinski definition) is 6.